The quantitative estimate of drug-likeness (QED) is 0.576. The molecule has 142 valence electrons. The van der Waals surface area contributed by atoms with E-state index in [-0.39, 0.29) is 5.91 Å². The number of carbonyl (C=O) groups excluding carboxylic acids is 1. The summed E-state index contributed by atoms with van der Waals surface area (Å²) < 4.78 is 3.75. The summed E-state index contributed by atoms with van der Waals surface area (Å²) in [5.41, 5.74) is 4.33. The number of hydrogen-bond acceptors (Lipinski definition) is 4. The average molecular weight is 374 g/mol. The molecule has 0 atom stereocenters. The zero-order valence-corrected chi connectivity index (χ0v) is 16.1. The van der Waals surface area contributed by atoms with Gasteiger partial charge in [-0.15, -0.1) is 5.10 Å². The van der Waals surface area contributed by atoms with Gasteiger partial charge in [0.15, 0.2) is 0 Å². The van der Waals surface area contributed by atoms with Crippen LogP contribution >= 0.6 is 0 Å². The Hall–Kier alpha value is -3.48. The second-order valence-electron chi connectivity index (χ2n) is 7.32. The largest absolute Gasteiger partial charge is 0.346 e. The molecule has 4 rings (SSSR count). The van der Waals surface area contributed by atoms with Gasteiger partial charge < -0.3 is 9.88 Å². The molecule has 2 heterocycles. The van der Waals surface area contributed by atoms with Crippen molar-refractivity contribution >= 4 is 22.5 Å². The Bertz CT molecular complexity index is 1130. The van der Waals surface area contributed by atoms with E-state index in [1.165, 1.54) is 0 Å². The summed E-state index contributed by atoms with van der Waals surface area (Å²) in [6.45, 7) is 7.17. The van der Waals surface area contributed by atoms with Gasteiger partial charge in [-0.25, -0.2) is 4.68 Å². The van der Waals surface area contributed by atoms with Crippen molar-refractivity contribution in [3.63, 3.8) is 0 Å². The van der Waals surface area contributed by atoms with Gasteiger partial charge in [0, 0.05) is 29.3 Å². The van der Waals surface area contributed by atoms with Crippen molar-refractivity contribution in [3.05, 3.63) is 66.1 Å². The Morgan fingerprint density at radius 1 is 1.18 bits per heavy atom. The van der Waals surface area contributed by atoms with Crippen molar-refractivity contribution in [1.29, 1.82) is 0 Å². The molecule has 0 saturated carbocycles. The predicted molar refractivity (Wildman–Crippen MR) is 109 cm³/mol. The van der Waals surface area contributed by atoms with Crippen molar-refractivity contribution in [3.8, 4) is 5.69 Å². The van der Waals surface area contributed by atoms with Crippen LogP contribution in [0, 0.1) is 12.8 Å². The van der Waals surface area contributed by atoms with Crippen LogP contribution in [0.5, 0.6) is 0 Å². The van der Waals surface area contributed by atoms with Crippen LogP contribution in [-0.2, 0) is 6.54 Å². The molecule has 0 saturated heterocycles. The summed E-state index contributed by atoms with van der Waals surface area (Å²) in [5.74, 6) is 0.376. The van der Waals surface area contributed by atoms with Crippen molar-refractivity contribution in [1.82, 2.24) is 24.8 Å². The number of anilines is 1. The smallest absolute Gasteiger partial charge is 0.257 e. The molecular formula is C21H22N6O. The van der Waals surface area contributed by atoms with Crippen molar-refractivity contribution in [2.45, 2.75) is 27.3 Å². The van der Waals surface area contributed by atoms with E-state index in [0.717, 1.165) is 34.4 Å². The van der Waals surface area contributed by atoms with E-state index in [9.17, 15) is 4.79 Å². The van der Waals surface area contributed by atoms with Gasteiger partial charge in [-0.1, -0.05) is 32.0 Å². The first-order valence-corrected chi connectivity index (χ1v) is 9.26. The zero-order chi connectivity index (χ0) is 19.7. The molecule has 0 unspecified atom stereocenters. The summed E-state index contributed by atoms with van der Waals surface area (Å²) >= 11 is 0. The summed E-state index contributed by atoms with van der Waals surface area (Å²) in [5, 5.41) is 15.2. The maximum atomic E-state index is 13.0. The Kier molecular flexibility index (Phi) is 4.65. The van der Waals surface area contributed by atoms with Crippen LogP contribution in [-0.4, -0.2) is 30.7 Å². The molecule has 0 fully saturated rings. The lowest BCUT2D eigenvalue weighted by atomic mass is 10.1. The first-order valence-electron chi connectivity index (χ1n) is 9.26. The van der Waals surface area contributed by atoms with Crippen molar-refractivity contribution < 1.29 is 4.79 Å². The molecule has 0 aliphatic heterocycles. The van der Waals surface area contributed by atoms with Gasteiger partial charge in [0.2, 0.25) is 0 Å². The van der Waals surface area contributed by atoms with Crippen LogP contribution in [0.25, 0.3) is 16.6 Å². The number of para-hydroxylation sites is 1. The molecule has 2 aromatic heterocycles. The number of rotatable bonds is 5. The first kappa shape index (κ1) is 17.9. The molecule has 7 nitrogen and oxygen atoms in total. The van der Waals surface area contributed by atoms with Crippen LogP contribution in [0.4, 0.5) is 5.69 Å². The van der Waals surface area contributed by atoms with E-state index >= 15 is 0 Å². The van der Waals surface area contributed by atoms with Crippen LogP contribution in [0.2, 0.25) is 0 Å². The third kappa shape index (κ3) is 3.38. The van der Waals surface area contributed by atoms with E-state index in [0.29, 0.717) is 11.5 Å². The van der Waals surface area contributed by atoms with E-state index in [1.807, 2.05) is 49.5 Å². The van der Waals surface area contributed by atoms with Gasteiger partial charge in [-0.05, 0) is 53.1 Å². The summed E-state index contributed by atoms with van der Waals surface area (Å²) in [6, 6.07) is 13.7. The summed E-state index contributed by atoms with van der Waals surface area (Å²) in [7, 11) is 0. The molecule has 0 spiro atoms. The minimum Gasteiger partial charge on any atom is -0.346 e. The number of aryl methyl sites for hydroxylation is 1. The highest BCUT2D eigenvalue weighted by Crippen LogP contribution is 2.24. The molecular weight excluding hydrogens is 352 g/mol. The highest BCUT2D eigenvalue weighted by molar-refractivity contribution is 6.13. The lowest BCUT2D eigenvalue weighted by Crippen LogP contribution is -2.12. The van der Waals surface area contributed by atoms with Crippen LogP contribution < -0.4 is 5.32 Å². The highest BCUT2D eigenvalue weighted by atomic mass is 16.1. The minimum absolute atomic E-state index is 0.117. The Morgan fingerprint density at radius 3 is 2.71 bits per heavy atom. The topological polar surface area (TPSA) is 77.6 Å². The fraction of sp³-hybridized carbons (Fsp3) is 0.238. The summed E-state index contributed by atoms with van der Waals surface area (Å²) in [6.07, 6.45) is 3.49. The normalized spacial score (nSPS) is 11.3. The number of nitrogens with zero attached hydrogens (tertiary/aromatic N) is 5. The fourth-order valence-corrected chi connectivity index (χ4v) is 3.43. The molecule has 0 aliphatic rings. The minimum atomic E-state index is -0.117. The van der Waals surface area contributed by atoms with E-state index in [1.54, 1.807) is 11.0 Å². The lowest BCUT2D eigenvalue weighted by Gasteiger charge is -2.09. The molecule has 1 N–H and O–H groups in total. The number of hydrogen-bond donors (Lipinski definition) is 1. The molecule has 0 radical (unpaired) electrons. The predicted octanol–water partition coefficient (Wildman–Crippen LogP) is 3.83. The lowest BCUT2D eigenvalue weighted by molar-refractivity contribution is 0.102. The average Bonchev–Trinajstić information content (AvgIpc) is 3.30. The maximum absolute atomic E-state index is 13.0. The molecule has 0 bridgehead atoms. The van der Waals surface area contributed by atoms with E-state index in [4.69, 9.17) is 0 Å². The third-order valence-electron chi connectivity index (χ3n) is 4.65. The molecule has 28 heavy (non-hydrogen) atoms. The third-order valence-corrected chi connectivity index (χ3v) is 4.65. The van der Waals surface area contributed by atoms with Gasteiger partial charge >= 0.3 is 0 Å². The maximum Gasteiger partial charge on any atom is 0.257 e. The number of benzene rings is 2. The first-order chi connectivity index (χ1) is 13.5. The van der Waals surface area contributed by atoms with E-state index in [2.05, 4.69) is 45.3 Å². The highest BCUT2D eigenvalue weighted by Gasteiger charge is 2.16. The molecule has 7 heteroatoms. The number of tetrazole rings is 1. The Morgan fingerprint density at radius 2 is 2.00 bits per heavy atom. The monoisotopic (exact) mass is 374 g/mol. The fourth-order valence-electron chi connectivity index (χ4n) is 3.43. The molecule has 1 amide bonds. The number of amides is 1. The van der Waals surface area contributed by atoms with Crippen molar-refractivity contribution in [2.75, 3.05) is 5.32 Å². The molecule has 4 aromatic rings. The second-order valence-corrected chi connectivity index (χ2v) is 7.32. The number of carbonyl (C=O) groups is 1. The standard InChI is InChI=1S/C21H22N6O/c1-14(2)11-26-12-18(17-6-4-5-7-20(17)26)21(28)23-16-8-9-19(15(3)10-16)27-13-22-24-25-27/h4-10,12-14H,11H2,1-3H3,(H,23,28). The van der Waals surface area contributed by atoms with Gasteiger partial charge in [-0.2, -0.15) is 0 Å². The van der Waals surface area contributed by atoms with E-state index < -0.39 is 0 Å². The van der Waals surface area contributed by atoms with Crippen LogP contribution in [0.15, 0.2) is 55.0 Å². The van der Waals surface area contributed by atoms with Crippen molar-refractivity contribution in [2.24, 2.45) is 5.92 Å². The van der Waals surface area contributed by atoms with Gasteiger partial charge in [-0.3, -0.25) is 4.79 Å². The van der Waals surface area contributed by atoms with Gasteiger partial charge in [0.25, 0.3) is 5.91 Å². The Balaban J connectivity index is 1.63. The number of fused-ring (bicyclic) bond motifs is 1. The van der Waals surface area contributed by atoms with Gasteiger partial charge in [0.1, 0.15) is 6.33 Å². The Labute approximate surface area is 163 Å². The molecule has 0 aliphatic carbocycles. The molecule has 2 aromatic carbocycles. The van der Waals surface area contributed by atoms with Gasteiger partial charge in [0.05, 0.1) is 11.3 Å². The van der Waals surface area contributed by atoms with Crippen LogP contribution in [0.3, 0.4) is 0 Å². The summed E-state index contributed by atoms with van der Waals surface area (Å²) in [4.78, 5) is 13.0. The SMILES string of the molecule is Cc1cc(NC(=O)c2cn(CC(C)C)c3ccccc23)ccc1-n1cnnn1. The second kappa shape index (κ2) is 7.26. The van der Waals surface area contributed by atoms with Crippen LogP contribution in [0.1, 0.15) is 29.8 Å². The number of nitrogens with one attached hydrogen (secondary N) is 1. The zero-order valence-electron chi connectivity index (χ0n) is 16.1. The number of aromatic nitrogens is 5.